The third kappa shape index (κ3) is 3.81. The highest BCUT2D eigenvalue weighted by molar-refractivity contribution is 9.10. The van der Waals surface area contributed by atoms with E-state index in [-0.39, 0.29) is 6.10 Å². The zero-order valence-electron chi connectivity index (χ0n) is 11.1. The smallest absolute Gasteiger partial charge is 0.0963 e. The number of nitrogens with zero attached hydrogens (tertiary/aromatic N) is 1. The molecule has 100 valence electrons. The molecule has 0 aromatic heterocycles. The molecule has 1 aliphatic heterocycles. The Hall–Kier alpha value is -0.380. The Balaban J connectivity index is 1.92. The second-order valence-electron chi connectivity index (χ2n) is 4.89. The van der Waals surface area contributed by atoms with E-state index in [1.165, 1.54) is 31.4 Å². The molecule has 0 spiro atoms. The third-order valence-electron chi connectivity index (χ3n) is 3.48. The van der Waals surface area contributed by atoms with Gasteiger partial charge in [0.1, 0.15) is 0 Å². The van der Waals surface area contributed by atoms with Crippen molar-refractivity contribution in [1.82, 2.24) is 4.90 Å². The molecule has 1 unspecified atom stereocenters. The van der Waals surface area contributed by atoms with Crippen molar-refractivity contribution in [3.8, 4) is 0 Å². The zero-order valence-corrected chi connectivity index (χ0v) is 12.7. The number of hydrogen-bond donors (Lipinski definition) is 0. The largest absolute Gasteiger partial charge is 0.371 e. The van der Waals surface area contributed by atoms with E-state index in [9.17, 15) is 0 Å². The number of morpholine rings is 1. The lowest BCUT2D eigenvalue weighted by molar-refractivity contribution is -0.0306. The summed E-state index contributed by atoms with van der Waals surface area (Å²) >= 11 is 3.62. The van der Waals surface area contributed by atoms with Crippen LogP contribution < -0.4 is 0 Å². The predicted octanol–water partition coefficient (Wildman–Crippen LogP) is 4.01. The van der Waals surface area contributed by atoms with Gasteiger partial charge in [-0.2, -0.15) is 0 Å². The molecule has 3 heteroatoms. The van der Waals surface area contributed by atoms with E-state index in [0.717, 1.165) is 24.2 Å². The van der Waals surface area contributed by atoms with Crippen LogP contribution in [0, 0.1) is 0 Å². The summed E-state index contributed by atoms with van der Waals surface area (Å²) in [5.41, 5.74) is 1.28. The van der Waals surface area contributed by atoms with Gasteiger partial charge in [-0.25, -0.2) is 0 Å². The summed E-state index contributed by atoms with van der Waals surface area (Å²) in [6.45, 7) is 6.40. The quantitative estimate of drug-likeness (QED) is 0.762. The number of hydrogen-bond acceptors (Lipinski definition) is 2. The molecule has 2 rings (SSSR count). The van der Waals surface area contributed by atoms with Crippen LogP contribution in [0.2, 0.25) is 0 Å². The van der Waals surface area contributed by atoms with Crippen LogP contribution in [0.3, 0.4) is 0 Å². The average molecular weight is 312 g/mol. The van der Waals surface area contributed by atoms with E-state index in [2.05, 4.69) is 52.0 Å². The molecule has 1 fully saturated rings. The molecule has 0 radical (unpaired) electrons. The molecule has 1 heterocycles. The van der Waals surface area contributed by atoms with Gasteiger partial charge >= 0.3 is 0 Å². The Labute approximate surface area is 118 Å². The molecule has 1 saturated heterocycles. The lowest BCUT2D eigenvalue weighted by Crippen LogP contribution is -2.38. The molecule has 0 amide bonds. The summed E-state index contributed by atoms with van der Waals surface area (Å²) in [7, 11) is 0. The summed E-state index contributed by atoms with van der Waals surface area (Å²) in [5, 5.41) is 0. The highest BCUT2D eigenvalue weighted by atomic mass is 79.9. The molecule has 0 bridgehead atoms. The molecule has 2 nitrogen and oxygen atoms in total. The summed E-state index contributed by atoms with van der Waals surface area (Å²) < 4.78 is 7.07. The zero-order chi connectivity index (χ0) is 12.8. The number of unbranched alkanes of at least 4 members (excludes halogenated alkanes) is 2. The molecule has 0 saturated carbocycles. The highest BCUT2D eigenvalue weighted by Crippen LogP contribution is 2.28. The van der Waals surface area contributed by atoms with Crippen LogP contribution in [-0.4, -0.2) is 31.1 Å². The average Bonchev–Trinajstić information content (AvgIpc) is 2.40. The van der Waals surface area contributed by atoms with Crippen molar-refractivity contribution in [2.45, 2.75) is 32.3 Å². The van der Waals surface area contributed by atoms with Gasteiger partial charge in [-0.15, -0.1) is 0 Å². The van der Waals surface area contributed by atoms with E-state index < -0.39 is 0 Å². The van der Waals surface area contributed by atoms with Crippen molar-refractivity contribution in [1.29, 1.82) is 0 Å². The fraction of sp³-hybridized carbons (Fsp3) is 0.600. The SMILES string of the molecule is CCCCCN1CCOC(c2ccccc2Br)C1. The maximum absolute atomic E-state index is 5.91. The molecule has 1 aromatic carbocycles. The summed E-state index contributed by atoms with van der Waals surface area (Å²) in [4.78, 5) is 2.53. The highest BCUT2D eigenvalue weighted by Gasteiger charge is 2.22. The summed E-state index contributed by atoms with van der Waals surface area (Å²) in [6.07, 6.45) is 4.14. The first-order valence-corrected chi connectivity index (χ1v) is 7.69. The van der Waals surface area contributed by atoms with Crippen molar-refractivity contribution >= 4 is 15.9 Å². The van der Waals surface area contributed by atoms with E-state index >= 15 is 0 Å². The minimum absolute atomic E-state index is 0.218. The van der Waals surface area contributed by atoms with Crippen LogP contribution in [0.25, 0.3) is 0 Å². The van der Waals surface area contributed by atoms with Crippen molar-refractivity contribution < 1.29 is 4.74 Å². The number of halogens is 1. The van der Waals surface area contributed by atoms with E-state index in [0.29, 0.717) is 0 Å². The first kappa shape index (κ1) is 14.0. The van der Waals surface area contributed by atoms with Crippen LogP contribution >= 0.6 is 15.9 Å². The molecule has 1 atom stereocenters. The second-order valence-corrected chi connectivity index (χ2v) is 5.74. The maximum atomic E-state index is 5.91. The van der Waals surface area contributed by atoms with Gasteiger partial charge in [-0.3, -0.25) is 4.90 Å². The van der Waals surface area contributed by atoms with Crippen LogP contribution in [0.1, 0.15) is 37.9 Å². The monoisotopic (exact) mass is 311 g/mol. The van der Waals surface area contributed by atoms with Crippen LogP contribution in [0.5, 0.6) is 0 Å². The Morgan fingerprint density at radius 2 is 2.17 bits per heavy atom. The van der Waals surface area contributed by atoms with E-state index in [1.807, 2.05) is 0 Å². The van der Waals surface area contributed by atoms with Gasteiger partial charge in [0.05, 0.1) is 12.7 Å². The topological polar surface area (TPSA) is 12.5 Å². The van der Waals surface area contributed by atoms with Crippen molar-refractivity contribution in [2.75, 3.05) is 26.2 Å². The first-order chi connectivity index (χ1) is 8.81. The molecule has 1 aliphatic rings. The lowest BCUT2D eigenvalue weighted by Gasteiger charge is -2.33. The minimum atomic E-state index is 0.218. The van der Waals surface area contributed by atoms with Gasteiger partial charge in [0.15, 0.2) is 0 Å². The van der Waals surface area contributed by atoms with Crippen molar-refractivity contribution in [3.05, 3.63) is 34.3 Å². The summed E-state index contributed by atoms with van der Waals surface area (Å²) in [5.74, 6) is 0. The molecule has 1 aromatic rings. The van der Waals surface area contributed by atoms with E-state index in [1.54, 1.807) is 0 Å². The number of benzene rings is 1. The van der Waals surface area contributed by atoms with Crippen LogP contribution in [-0.2, 0) is 4.74 Å². The lowest BCUT2D eigenvalue weighted by atomic mass is 10.1. The molecule has 0 aliphatic carbocycles. The van der Waals surface area contributed by atoms with Crippen LogP contribution in [0.4, 0.5) is 0 Å². The van der Waals surface area contributed by atoms with E-state index in [4.69, 9.17) is 4.74 Å². The fourth-order valence-electron chi connectivity index (χ4n) is 2.42. The van der Waals surface area contributed by atoms with Gasteiger partial charge in [0, 0.05) is 17.6 Å². The second kappa shape index (κ2) is 7.27. The number of rotatable bonds is 5. The maximum Gasteiger partial charge on any atom is 0.0963 e. The molecular weight excluding hydrogens is 290 g/mol. The van der Waals surface area contributed by atoms with Gasteiger partial charge in [-0.05, 0) is 24.6 Å². The summed E-state index contributed by atoms with van der Waals surface area (Å²) in [6, 6.07) is 8.38. The Kier molecular flexibility index (Phi) is 5.67. The predicted molar refractivity (Wildman–Crippen MR) is 78.8 cm³/mol. The number of ether oxygens (including phenoxy) is 1. The fourth-order valence-corrected chi connectivity index (χ4v) is 2.96. The Morgan fingerprint density at radius 3 is 2.94 bits per heavy atom. The van der Waals surface area contributed by atoms with Gasteiger partial charge < -0.3 is 4.74 Å². The standard InChI is InChI=1S/C15H22BrNO/c1-2-3-6-9-17-10-11-18-15(12-17)13-7-4-5-8-14(13)16/h4-5,7-8,15H,2-3,6,9-12H2,1H3. The molecular formula is C15H22BrNO. The van der Waals surface area contributed by atoms with Gasteiger partial charge in [0.2, 0.25) is 0 Å². The van der Waals surface area contributed by atoms with Gasteiger partial charge in [-0.1, -0.05) is 53.9 Å². The molecule has 18 heavy (non-hydrogen) atoms. The van der Waals surface area contributed by atoms with Crippen LogP contribution in [0.15, 0.2) is 28.7 Å². The normalized spacial score (nSPS) is 21.1. The van der Waals surface area contributed by atoms with Crippen molar-refractivity contribution in [3.63, 3.8) is 0 Å². The minimum Gasteiger partial charge on any atom is -0.371 e. The van der Waals surface area contributed by atoms with Gasteiger partial charge in [0.25, 0.3) is 0 Å². The Morgan fingerprint density at radius 1 is 1.33 bits per heavy atom. The Bertz CT molecular complexity index is 369. The molecule has 0 N–H and O–H groups in total. The third-order valence-corrected chi connectivity index (χ3v) is 4.20. The van der Waals surface area contributed by atoms with Crippen molar-refractivity contribution in [2.24, 2.45) is 0 Å². The first-order valence-electron chi connectivity index (χ1n) is 6.89.